The zero-order valence-electron chi connectivity index (χ0n) is 16.0. The van der Waals surface area contributed by atoms with Gasteiger partial charge in [-0.1, -0.05) is 19.6 Å². The molecule has 0 amide bonds. The van der Waals surface area contributed by atoms with Crippen molar-refractivity contribution in [3.05, 3.63) is 64.4 Å². The van der Waals surface area contributed by atoms with Gasteiger partial charge < -0.3 is 14.4 Å². The highest BCUT2D eigenvalue weighted by molar-refractivity contribution is 7.09. The Hall–Kier alpha value is -1.87. The van der Waals surface area contributed by atoms with Gasteiger partial charge in [-0.05, 0) is 23.7 Å². The van der Waals surface area contributed by atoms with Crippen molar-refractivity contribution in [3.63, 3.8) is 0 Å². The number of hydrogen-bond donors (Lipinski definition) is 1. The van der Waals surface area contributed by atoms with Crippen LogP contribution in [0.1, 0.15) is 28.1 Å². The summed E-state index contributed by atoms with van der Waals surface area (Å²) >= 11 is 1.42. The average molecular weight is 403 g/mol. The molecule has 0 aliphatic rings. The maximum absolute atomic E-state index is 10.8. The van der Waals surface area contributed by atoms with Gasteiger partial charge in [0.05, 0.1) is 16.1 Å². The highest BCUT2D eigenvalue weighted by Crippen LogP contribution is 2.25. The van der Waals surface area contributed by atoms with Gasteiger partial charge in [0.15, 0.2) is 0 Å². The Bertz CT molecular complexity index is 831. The number of rotatable bonds is 9. The summed E-state index contributed by atoms with van der Waals surface area (Å²) in [6, 6.07) is 5.06. The van der Waals surface area contributed by atoms with E-state index in [0.29, 0.717) is 19.0 Å². The van der Waals surface area contributed by atoms with Crippen molar-refractivity contribution in [1.82, 2.24) is 19.5 Å². The van der Waals surface area contributed by atoms with E-state index in [2.05, 4.69) is 34.6 Å². The molecule has 0 aliphatic carbocycles. The fraction of sp³-hybridized carbons (Fsp3) is 0.421. The zero-order valence-corrected chi connectivity index (χ0v) is 17.8. The first-order valence-electron chi connectivity index (χ1n) is 9.01. The minimum atomic E-state index is -1.13. The largest absolute Gasteiger partial charge is 0.379 e. The lowest BCUT2D eigenvalue weighted by molar-refractivity contribution is 0.0788. The van der Waals surface area contributed by atoms with E-state index in [9.17, 15) is 5.11 Å². The fourth-order valence-corrected chi connectivity index (χ4v) is 3.99. The number of nitrogens with zero attached hydrogens (tertiary/aromatic N) is 4. The van der Waals surface area contributed by atoms with Crippen molar-refractivity contribution in [2.45, 2.75) is 44.9 Å². The first-order chi connectivity index (χ1) is 12.9. The first kappa shape index (κ1) is 19.9. The van der Waals surface area contributed by atoms with E-state index in [1.807, 2.05) is 22.9 Å². The van der Waals surface area contributed by atoms with Gasteiger partial charge in [-0.25, -0.2) is 4.98 Å². The maximum atomic E-state index is 10.8. The second-order valence-electron chi connectivity index (χ2n) is 7.75. The number of thiazole rings is 1. The summed E-state index contributed by atoms with van der Waals surface area (Å²) in [7, 11) is -1.13. The van der Waals surface area contributed by atoms with Gasteiger partial charge in [0.2, 0.25) is 0 Å². The predicted molar refractivity (Wildman–Crippen MR) is 110 cm³/mol. The smallest absolute Gasteiger partial charge is 0.147 e. The fourth-order valence-electron chi connectivity index (χ4n) is 2.63. The Morgan fingerprint density at radius 2 is 2.00 bits per heavy atom. The third kappa shape index (κ3) is 5.80. The van der Waals surface area contributed by atoms with Crippen LogP contribution in [0.15, 0.2) is 42.4 Å². The van der Waals surface area contributed by atoms with Gasteiger partial charge >= 0.3 is 0 Å². The van der Waals surface area contributed by atoms with Crippen molar-refractivity contribution in [1.29, 1.82) is 0 Å². The number of pyridine rings is 1. The molecule has 0 saturated heterocycles. The number of aliphatic hydroxyl groups excluding tert-OH is 1. The molecule has 3 heterocycles. The molecule has 0 fully saturated rings. The summed E-state index contributed by atoms with van der Waals surface area (Å²) in [5, 5.41) is 10.8. The second-order valence-corrected chi connectivity index (χ2v) is 14.3. The number of ether oxygens (including phenoxy) is 1. The number of aliphatic hydroxyl groups is 1. The van der Waals surface area contributed by atoms with E-state index in [-0.39, 0.29) is 0 Å². The third-order valence-corrected chi connectivity index (χ3v) is 6.72. The Labute approximate surface area is 164 Å². The Morgan fingerprint density at radius 1 is 1.22 bits per heavy atom. The molecule has 3 aromatic heterocycles. The van der Waals surface area contributed by atoms with E-state index in [4.69, 9.17) is 4.74 Å². The van der Waals surface area contributed by atoms with E-state index in [1.54, 1.807) is 24.1 Å². The Morgan fingerprint density at radius 3 is 2.67 bits per heavy atom. The molecular formula is C19H26N4O2SSi. The van der Waals surface area contributed by atoms with Gasteiger partial charge in [-0.2, -0.15) is 0 Å². The monoisotopic (exact) mass is 402 g/mol. The molecular weight excluding hydrogens is 376 g/mol. The summed E-state index contributed by atoms with van der Waals surface area (Å²) < 4.78 is 7.80. The summed E-state index contributed by atoms with van der Waals surface area (Å²) in [6.45, 7) is 8.11. The first-order valence-corrected chi connectivity index (χ1v) is 13.6. The number of aromatic nitrogens is 4. The Kier molecular flexibility index (Phi) is 6.54. The molecule has 0 saturated carbocycles. The van der Waals surface area contributed by atoms with Crippen LogP contribution in [-0.2, 0) is 17.9 Å². The topological polar surface area (TPSA) is 73.1 Å². The van der Waals surface area contributed by atoms with E-state index in [0.717, 1.165) is 28.8 Å². The van der Waals surface area contributed by atoms with Crippen molar-refractivity contribution in [2.75, 3.05) is 6.61 Å². The predicted octanol–water partition coefficient (Wildman–Crippen LogP) is 3.72. The molecule has 0 aliphatic heterocycles. The van der Waals surface area contributed by atoms with Gasteiger partial charge in [0.1, 0.15) is 18.7 Å². The minimum absolute atomic E-state index is 0.388. The van der Waals surface area contributed by atoms with Crippen LogP contribution >= 0.6 is 11.3 Å². The summed E-state index contributed by atoms with van der Waals surface area (Å²) in [4.78, 5) is 13.6. The molecule has 0 unspecified atom stereocenters. The molecule has 3 rings (SSSR count). The van der Waals surface area contributed by atoms with Gasteiger partial charge in [-0.15, -0.1) is 11.3 Å². The van der Waals surface area contributed by atoms with Crippen LogP contribution in [-0.4, -0.2) is 39.3 Å². The molecule has 0 aromatic carbocycles. The molecule has 144 valence electrons. The van der Waals surface area contributed by atoms with Crippen molar-refractivity contribution < 1.29 is 9.84 Å². The highest BCUT2D eigenvalue weighted by atomic mass is 32.1. The summed E-state index contributed by atoms with van der Waals surface area (Å²) in [6.07, 6.45) is 7.09. The molecule has 0 radical (unpaired) electrons. The molecule has 3 aromatic rings. The van der Waals surface area contributed by atoms with Crippen LogP contribution in [0.4, 0.5) is 0 Å². The van der Waals surface area contributed by atoms with Crippen LogP contribution in [0.25, 0.3) is 0 Å². The zero-order chi connectivity index (χ0) is 19.3. The van der Waals surface area contributed by atoms with Crippen molar-refractivity contribution >= 4 is 19.4 Å². The summed E-state index contributed by atoms with van der Waals surface area (Å²) in [5.41, 5.74) is 3.75. The van der Waals surface area contributed by atoms with Crippen LogP contribution in [0.3, 0.4) is 0 Å². The lowest BCUT2D eigenvalue weighted by atomic mass is 10.1. The molecule has 27 heavy (non-hydrogen) atoms. The van der Waals surface area contributed by atoms with Gasteiger partial charge in [-0.3, -0.25) is 9.97 Å². The normalized spacial score (nSPS) is 13.0. The van der Waals surface area contributed by atoms with Crippen molar-refractivity contribution in [3.8, 4) is 0 Å². The van der Waals surface area contributed by atoms with E-state index < -0.39 is 14.2 Å². The molecule has 1 N–H and O–H groups in total. The standard InChI is InChI=1S/C19H26N4O2SSi/c1-27(2,3)9-8-25-14-23-12-16(10-15-4-6-20-7-5-15)22-19(23)18(24)17-11-21-13-26-17/h4-7,11-13,18,24H,8-10,14H2,1-3H3/t18-/m0/s1. The average Bonchev–Trinajstić information content (AvgIpc) is 3.28. The van der Waals surface area contributed by atoms with Crippen LogP contribution in [0.5, 0.6) is 0 Å². The molecule has 0 spiro atoms. The minimum Gasteiger partial charge on any atom is -0.379 e. The summed E-state index contributed by atoms with van der Waals surface area (Å²) in [5.74, 6) is 0.594. The van der Waals surface area contributed by atoms with Crippen molar-refractivity contribution in [2.24, 2.45) is 0 Å². The lowest BCUT2D eigenvalue weighted by Crippen LogP contribution is -2.22. The molecule has 1 atom stereocenters. The number of imidazole rings is 1. The SMILES string of the molecule is C[Si](C)(C)CCOCn1cc(Cc2ccncc2)nc1[C@@H](O)c1cncs1. The van der Waals surface area contributed by atoms with Crippen LogP contribution in [0, 0.1) is 0 Å². The third-order valence-electron chi connectivity index (χ3n) is 4.18. The molecule has 6 nitrogen and oxygen atoms in total. The Balaban J connectivity index is 1.76. The highest BCUT2D eigenvalue weighted by Gasteiger charge is 2.20. The van der Waals surface area contributed by atoms with Crippen LogP contribution in [0.2, 0.25) is 25.7 Å². The lowest BCUT2D eigenvalue weighted by Gasteiger charge is -2.16. The van der Waals surface area contributed by atoms with E-state index in [1.165, 1.54) is 11.3 Å². The van der Waals surface area contributed by atoms with Gasteiger partial charge in [0.25, 0.3) is 0 Å². The van der Waals surface area contributed by atoms with Crippen LogP contribution < -0.4 is 0 Å². The van der Waals surface area contributed by atoms with Gasteiger partial charge in [0, 0.05) is 45.9 Å². The second kappa shape index (κ2) is 8.88. The van der Waals surface area contributed by atoms with E-state index >= 15 is 0 Å². The molecule has 8 heteroatoms. The number of hydrogen-bond acceptors (Lipinski definition) is 6. The maximum Gasteiger partial charge on any atom is 0.147 e. The molecule has 0 bridgehead atoms. The quantitative estimate of drug-likeness (QED) is 0.436.